The fourth-order valence-electron chi connectivity index (χ4n) is 3.14. The van der Waals surface area contributed by atoms with E-state index >= 15 is 0 Å². The molecule has 1 nitrogen and oxygen atoms in total. The number of likely N-dealkylation sites (tertiary alicyclic amines) is 1. The standard InChI is InChI=1S/C16H22F12N/c17-10-8-6-4-2-1-3-5-7-9-11-29(28)15(24,25)13(20,21)12(18,19)14(22,23)16(29,26)27/h1-11H2/q+1. The molecular weight excluding hydrogens is 434 g/mol. The van der Waals surface area contributed by atoms with E-state index in [4.69, 9.17) is 0 Å². The summed E-state index contributed by atoms with van der Waals surface area (Å²) in [5, 5.41) is 0. The van der Waals surface area contributed by atoms with Crippen molar-refractivity contribution in [2.45, 2.75) is 87.6 Å². The lowest BCUT2D eigenvalue weighted by Gasteiger charge is -2.50. The van der Waals surface area contributed by atoms with Crippen molar-refractivity contribution in [1.29, 1.82) is 0 Å². The molecule has 0 aromatic rings. The first-order valence-electron chi connectivity index (χ1n) is 9.09. The zero-order chi connectivity index (χ0) is 22.8. The third-order valence-electron chi connectivity index (χ3n) is 5.03. The van der Waals surface area contributed by atoms with Crippen LogP contribution in [0.25, 0.3) is 0 Å². The molecular formula is C16H22F12N+. The average Bonchev–Trinajstić information content (AvgIpc) is 2.61. The normalized spacial score (nSPS) is 25.7. The van der Waals surface area contributed by atoms with Gasteiger partial charge in [0.1, 0.15) is 6.54 Å². The summed E-state index contributed by atoms with van der Waals surface area (Å²) in [5.74, 6) is -21.2. The second-order valence-electron chi connectivity index (χ2n) is 7.12. The summed E-state index contributed by atoms with van der Waals surface area (Å²) < 4.78 is 155. The van der Waals surface area contributed by atoms with E-state index in [2.05, 4.69) is 0 Å². The van der Waals surface area contributed by atoms with Gasteiger partial charge in [-0.25, -0.2) is 0 Å². The number of piperidine rings is 1. The minimum atomic E-state index is -7.16. The third-order valence-corrected chi connectivity index (χ3v) is 5.03. The van der Waals surface area contributed by atoms with Gasteiger partial charge in [0.05, 0.1) is 6.67 Å². The van der Waals surface area contributed by atoms with Gasteiger partial charge in [0.2, 0.25) is 0 Å². The Hall–Kier alpha value is -0.880. The van der Waals surface area contributed by atoms with E-state index in [0.717, 1.165) is 0 Å². The van der Waals surface area contributed by atoms with Crippen LogP contribution in [-0.2, 0) is 0 Å². The summed E-state index contributed by atoms with van der Waals surface area (Å²) in [4.78, 5) is 0. The lowest BCUT2D eigenvalue weighted by Crippen LogP contribution is -2.86. The van der Waals surface area contributed by atoms with Crippen molar-refractivity contribution in [3.8, 4) is 0 Å². The molecule has 0 radical (unpaired) electrons. The quantitative estimate of drug-likeness (QED) is 0.133. The van der Waals surface area contributed by atoms with E-state index in [0.29, 0.717) is 38.5 Å². The van der Waals surface area contributed by atoms with Crippen LogP contribution in [0, 0.1) is 0 Å². The van der Waals surface area contributed by atoms with Gasteiger partial charge in [0, 0.05) is 15.6 Å². The summed E-state index contributed by atoms with van der Waals surface area (Å²) in [5.41, 5.74) is 0. The van der Waals surface area contributed by atoms with Crippen LogP contribution in [-0.4, -0.2) is 47.8 Å². The summed E-state index contributed by atoms with van der Waals surface area (Å²) in [6.45, 7) is -2.65. The molecule has 174 valence electrons. The first kappa shape index (κ1) is 26.2. The summed E-state index contributed by atoms with van der Waals surface area (Å²) in [6.07, 6.45) is 2.47. The van der Waals surface area contributed by atoms with Crippen molar-refractivity contribution >= 4 is 0 Å². The van der Waals surface area contributed by atoms with Gasteiger partial charge in [-0.15, -0.1) is 17.6 Å². The molecule has 0 aromatic heterocycles. The molecule has 0 spiro atoms. The SMILES string of the molecule is FCCCCCCCCCCC[N+]1(F)C(F)(F)C(F)(F)C(F)(F)C(F)(F)C1(F)F. The summed E-state index contributed by atoms with van der Waals surface area (Å²) in [7, 11) is 0. The molecule has 1 fully saturated rings. The maximum absolute atomic E-state index is 14.3. The number of quaternary nitrogens is 1. The third kappa shape index (κ3) is 3.91. The zero-order valence-electron chi connectivity index (χ0n) is 15.3. The number of nitrogens with zero attached hydrogens (tertiary/aromatic N) is 1. The molecule has 0 N–H and O–H groups in total. The molecule has 1 aliphatic heterocycles. The van der Waals surface area contributed by atoms with Crippen LogP contribution < -0.4 is 0 Å². The summed E-state index contributed by atoms with van der Waals surface area (Å²) >= 11 is 0. The topological polar surface area (TPSA) is 0 Å². The van der Waals surface area contributed by atoms with Crippen molar-refractivity contribution in [2.75, 3.05) is 13.2 Å². The highest BCUT2D eigenvalue weighted by atomic mass is 19.4. The first-order valence-corrected chi connectivity index (χ1v) is 9.09. The molecule has 1 rings (SSSR count). The molecule has 13 heteroatoms. The average molecular weight is 456 g/mol. The highest BCUT2D eigenvalue weighted by Crippen LogP contribution is 2.68. The Balaban J connectivity index is 2.76. The second kappa shape index (κ2) is 8.70. The van der Waals surface area contributed by atoms with E-state index in [9.17, 15) is 52.8 Å². The van der Waals surface area contributed by atoms with Gasteiger partial charge < -0.3 is 0 Å². The van der Waals surface area contributed by atoms with Gasteiger partial charge in [-0.3, -0.25) is 4.39 Å². The molecule has 0 amide bonds. The van der Waals surface area contributed by atoms with Gasteiger partial charge in [-0.05, 0) is 12.8 Å². The van der Waals surface area contributed by atoms with Crippen LogP contribution in [0.4, 0.5) is 52.8 Å². The first-order chi connectivity index (χ1) is 13.1. The fourth-order valence-corrected chi connectivity index (χ4v) is 3.14. The second-order valence-corrected chi connectivity index (χ2v) is 7.12. The van der Waals surface area contributed by atoms with Crippen LogP contribution in [0.1, 0.15) is 57.8 Å². The molecule has 0 unspecified atom stereocenters. The fraction of sp³-hybridized carbons (Fsp3) is 1.00. The predicted molar refractivity (Wildman–Crippen MR) is 78.5 cm³/mol. The van der Waals surface area contributed by atoms with Crippen LogP contribution in [0.2, 0.25) is 0 Å². The largest absolute Gasteiger partial charge is 0.502 e. The molecule has 0 atom stereocenters. The lowest BCUT2D eigenvalue weighted by atomic mass is 9.92. The van der Waals surface area contributed by atoms with Gasteiger partial charge >= 0.3 is 29.9 Å². The van der Waals surface area contributed by atoms with Crippen molar-refractivity contribution in [2.24, 2.45) is 0 Å². The van der Waals surface area contributed by atoms with Crippen molar-refractivity contribution in [3.05, 3.63) is 0 Å². The zero-order valence-corrected chi connectivity index (χ0v) is 15.3. The van der Waals surface area contributed by atoms with E-state index in [1.165, 1.54) is 0 Å². The van der Waals surface area contributed by atoms with E-state index < -0.39 is 54.2 Å². The van der Waals surface area contributed by atoms with E-state index in [1.807, 2.05) is 0 Å². The maximum Gasteiger partial charge on any atom is 0.502 e. The Morgan fingerprint density at radius 2 is 0.759 bits per heavy atom. The van der Waals surface area contributed by atoms with E-state index in [-0.39, 0.29) is 12.8 Å². The van der Waals surface area contributed by atoms with Gasteiger partial charge in [0.25, 0.3) is 0 Å². The summed E-state index contributed by atoms with van der Waals surface area (Å²) in [6, 6.07) is -13.6. The van der Waals surface area contributed by atoms with Crippen LogP contribution in [0.15, 0.2) is 0 Å². The lowest BCUT2D eigenvalue weighted by molar-refractivity contribution is -1.20. The van der Waals surface area contributed by atoms with Crippen LogP contribution >= 0.6 is 0 Å². The minimum Gasteiger partial charge on any atom is -0.251 e. The highest BCUT2D eigenvalue weighted by molar-refractivity contribution is 5.08. The minimum absolute atomic E-state index is 0.170. The number of alkyl halides is 11. The Kier molecular flexibility index (Phi) is 7.85. The molecule has 0 aromatic carbocycles. The molecule has 1 aliphatic rings. The van der Waals surface area contributed by atoms with E-state index in [1.54, 1.807) is 0 Å². The van der Waals surface area contributed by atoms with Crippen molar-refractivity contribution < 1.29 is 57.5 Å². The van der Waals surface area contributed by atoms with Crippen LogP contribution in [0.3, 0.4) is 0 Å². The highest BCUT2D eigenvalue weighted by Gasteiger charge is 3.04. The molecule has 0 aliphatic carbocycles. The van der Waals surface area contributed by atoms with Crippen LogP contribution in [0.5, 0.6) is 0 Å². The van der Waals surface area contributed by atoms with Gasteiger partial charge in [0.15, 0.2) is 0 Å². The number of hydrogen-bond acceptors (Lipinski definition) is 0. The molecule has 1 saturated heterocycles. The maximum atomic E-state index is 14.3. The molecule has 0 bridgehead atoms. The molecule has 0 saturated carbocycles. The van der Waals surface area contributed by atoms with Gasteiger partial charge in [-0.2, -0.15) is 26.3 Å². The molecule has 29 heavy (non-hydrogen) atoms. The number of rotatable bonds is 11. The Morgan fingerprint density at radius 3 is 1.10 bits per heavy atom. The Morgan fingerprint density at radius 1 is 0.448 bits per heavy atom. The Bertz CT molecular complexity index is 504. The predicted octanol–water partition coefficient (Wildman–Crippen LogP) is 7.27. The number of unbranched alkanes of at least 4 members (excludes halogenated alkanes) is 8. The van der Waals surface area contributed by atoms with Crippen molar-refractivity contribution in [1.82, 2.24) is 0 Å². The smallest absolute Gasteiger partial charge is 0.251 e. The number of hydrogen-bond donors (Lipinski definition) is 0. The number of halogens is 12. The monoisotopic (exact) mass is 456 g/mol. The molecule has 1 heterocycles. The van der Waals surface area contributed by atoms with Crippen molar-refractivity contribution in [3.63, 3.8) is 0 Å². The van der Waals surface area contributed by atoms with Gasteiger partial charge in [-0.1, -0.05) is 38.5 Å². The Labute approximate surface area is 159 Å².